The number of rotatable bonds is 10. The molecule has 0 aromatic heterocycles. The summed E-state index contributed by atoms with van der Waals surface area (Å²) in [4.78, 5) is 27.5. The highest BCUT2D eigenvalue weighted by molar-refractivity contribution is 7.92. The largest absolute Gasteiger partial charge is 0.354 e. The number of amides is 2. The van der Waals surface area contributed by atoms with Crippen LogP contribution >= 0.6 is 34.8 Å². The lowest BCUT2D eigenvalue weighted by molar-refractivity contribution is -0.139. The minimum Gasteiger partial charge on any atom is -0.354 e. The van der Waals surface area contributed by atoms with Gasteiger partial charge in [-0.15, -0.1) is 0 Å². The van der Waals surface area contributed by atoms with E-state index in [4.69, 9.17) is 34.8 Å². The molecule has 186 valence electrons. The molecule has 0 radical (unpaired) electrons. The van der Waals surface area contributed by atoms with Crippen LogP contribution in [0.4, 0.5) is 5.69 Å². The molecule has 2 aromatic rings. The number of nitrogens with zero attached hydrogens (tertiary/aromatic N) is 2. The smallest absolute Gasteiger partial charge is 0.244 e. The fourth-order valence-corrected chi connectivity index (χ4v) is 4.72. The van der Waals surface area contributed by atoms with E-state index in [1.54, 1.807) is 44.2 Å². The Bertz CT molecular complexity index is 1140. The Labute approximate surface area is 216 Å². The summed E-state index contributed by atoms with van der Waals surface area (Å²) in [6.07, 6.45) is 1.72. The van der Waals surface area contributed by atoms with Crippen molar-refractivity contribution in [1.29, 1.82) is 0 Å². The predicted octanol–water partition coefficient (Wildman–Crippen LogP) is 4.66. The van der Waals surface area contributed by atoms with Gasteiger partial charge in [-0.1, -0.05) is 53.9 Å². The summed E-state index contributed by atoms with van der Waals surface area (Å²) in [6.45, 7) is 5.09. The number of carbonyl (C=O) groups is 2. The molecule has 11 heteroatoms. The van der Waals surface area contributed by atoms with Crippen molar-refractivity contribution < 1.29 is 18.0 Å². The molecule has 1 N–H and O–H groups in total. The monoisotopic (exact) mass is 547 g/mol. The number of hydrogen-bond donors (Lipinski definition) is 1. The van der Waals surface area contributed by atoms with Crippen molar-refractivity contribution in [3.8, 4) is 0 Å². The molecule has 1 atom stereocenters. The summed E-state index contributed by atoms with van der Waals surface area (Å²) >= 11 is 18.8. The zero-order valence-corrected chi connectivity index (χ0v) is 22.5. The number of anilines is 1. The van der Waals surface area contributed by atoms with Crippen molar-refractivity contribution in [3.05, 3.63) is 62.6 Å². The molecule has 7 nitrogen and oxygen atoms in total. The van der Waals surface area contributed by atoms with Gasteiger partial charge in [0, 0.05) is 33.7 Å². The molecule has 0 bridgehead atoms. The second-order valence-electron chi connectivity index (χ2n) is 7.89. The molecule has 2 aromatic carbocycles. The number of halogens is 3. The van der Waals surface area contributed by atoms with Crippen molar-refractivity contribution in [3.63, 3.8) is 0 Å². The van der Waals surface area contributed by atoms with Gasteiger partial charge in [-0.25, -0.2) is 8.42 Å². The summed E-state index contributed by atoms with van der Waals surface area (Å²) in [5.41, 5.74) is 1.46. The first-order chi connectivity index (χ1) is 15.9. The van der Waals surface area contributed by atoms with Crippen LogP contribution in [0.5, 0.6) is 0 Å². The van der Waals surface area contributed by atoms with Gasteiger partial charge in [-0.05, 0) is 50.1 Å². The highest BCUT2D eigenvalue weighted by Crippen LogP contribution is 2.28. The van der Waals surface area contributed by atoms with E-state index in [0.29, 0.717) is 27.2 Å². The topological polar surface area (TPSA) is 86.8 Å². The maximum atomic E-state index is 13.5. The van der Waals surface area contributed by atoms with Gasteiger partial charge >= 0.3 is 0 Å². The number of nitrogens with one attached hydrogen (secondary N) is 1. The minimum atomic E-state index is -3.85. The maximum absolute atomic E-state index is 13.5. The Morgan fingerprint density at radius 3 is 2.21 bits per heavy atom. The van der Waals surface area contributed by atoms with Gasteiger partial charge in [0.25, 0.3) is 0 Å². The number of hydrogen-bond acceptors (Lipinski definition) is 4. The van der Waals surface area contributed by atoms with Crippen molar-refractivity contribution in [2.24, 2.45) is 0 Å². The van der Waals surface area contributed by atoms with Crippen molar-refractivity contribution in [2.75, 3.05) is 23.7 Å². The SMILES string of the molecule is CCCNC(=O)C(C)N(Cc1c(Cl)cccc1Cl)C(=O)CN(c1ccc(C)c(Cl)c1)S(C)(=O)=O. The highest BCUT2D eigenvalue weighted by Gasteiger charge is 2.31. The summed E-state index contributed by atoms with van der Waals surface area (Å²) in [5.74, 6) is -0.972. The first-order valence-electron chi connectivity index (χ1n) is 10.6. The molecular formula is C23H28Cl3N3O4S. The van der Waals surface area contributed by atoms with E-state index in [9.17, 15) is 18.0 Å². The molecule has 2 rings (SSSR count). The molecule has 0 heterocycles. The van der Waals surface area contributed by atoms with Crippen LogP contribution in [0.3, 0.4) is 0 Å². The Morgan fingerprint density at radius 1 is 1.06 bits per heavy atom. The Hall–Kier alpha value is -2.00. The number of carbonyl (C=O) groups excluding carboxylic acids is 2. The fraction of sp³-hybridized carbons (Fsp3) is 0.391. The molecule has 34 heavy (non-hydrogen) atoms. The van der Waals surface area contributed by atoms with Gasteiger partial charge in [0.05, 0.1) is 11.9 Å². The van der Waals surface area contributed by atoms with Gasteiger partial charge in [-0.2, -0.15) is 0 Å². The average Bonchev–Trinajstić information content (AvgIpc) is 2.76. The molecule has 0 aliphatic heterocycles. The third kappa shape index (κ3) is 7.25. The Balaban J connectivity index is 2.45. The molecule has 0 aliphatic rings. The lowest BCUT2D eigenvalue weighted by atomic mass is 10.1. The summed E-state index contributed by atoms with van der Waals surface area (Å²) < 4.78 is 26.1. The molecule has 2 amide bonds. The molecule has 0 saturated carbocycles. The molecule has 0 spiro atoms. The van der Waals surface area contributed by atoms with Crippen LogP contribution in [-0.2, 0) is 26.2 Å². The second-order valence-corrected chi connectivity index (χ2v) is 11.0. The van der Waals surface area contributed by atoms with Crippen LogP contribution in [0.15, 0.2) is 36.4 Å². The number of sulfonamides is 1. The minimum absolute atomic E-state index is 0.0791. The molecule has 0 fully saturated rings. The molecule has 0 aliphatic carbocycles. The van der Waals surface area contributed by atoms with E-state index in [1.165, 1.54) is 11.0 Å². The van der Waals surface area contributed by atoms with Crippen LogP contribution < -0.4 is 9.62 Å². The predicted molar refractivity (Wildman–Crippen MR) is 138 cm³/mol. The highest BCUT2D eigenvalue weighted by atomic mass is 35.5. The third-order valence-corrected chi connectivity index (χ3v) is 7.49. The zero-order chi connectivity index (χ0) is 25.6. The van der Waals surface area contributed by atoms with E-state index >= 15 is 0 Å². The molecular weight excluding hydrogens is 521 g/mol. The van der Waals surface area contributed by atoms with Crippen LogP contribution in [0.1, 0.15) is 31.4 Å². The normalized spacial score (nSPS) is 12.2. The first-order valence-corrected chi connectivity index (χ1v) is 13.6. The van der Waals surface area contributed by atoms with Gasteiger partial charge in [-0.3, -0.25) is 13.9 Å². The van der Waals surface area contributed by atoms with Crippen LogP contribution in [0.25, 0.3) is 0 Å². The van der Waals surface area contributed by atoms with Gasteiger partial charge in [0.15, 0.2) is 0 Å². The van der Waals surface area contributed by atoms with E-state index in [2.05, 4.69) is 5.32 Å². The van der Waals surface area contributed by atoms with Crippen LogP contribution in [-0.4, -0.2) is 50.5 Å². The summed E-state index contributed by atoms with van der Waals surface area (Å²) in [7, 11) is -3.85. The van der Waals surface area contributed by atoms with E-state index in [-0.39, 0.29) is 18.1 Å². The van der Waals surface area contributed by atoms with E-state index in [1.807, 2.05) is 6.92 Å². The standard InChI is InChI=1S/C23H28Cl3N3O4S/c1-5-11-27-23(31)16(3)28(13-18-19(24)7-6-8-20(18)25)22(30)14-29(34(4,32)33)17-10-9-15(2)21(26)12-17/h6-10,12,16H,5,11,13-14H2,1-4H3,(H,27,31). The van der Waals surface area contributed by atoms with Crippen LogP contribution in [0, 0.1) is 6.92 Å². The number of aryl methyl sites for hydroxylation is 1. The maximum Gasteiger partial charge on any atom is 0.244 e. The van der Waals surface area contributed by atoms with Crippen molar-refractivity contribution >= 4 is 62.3 Å². The lowest BCUT2D eigenvalue weighted by Crippen LogP contribution is -2.51. The van der Waals surface area contributed by atoms with Crippen LogP contribution in [0.2, 0.25) is 15.1 Å². The van der Waals surface area contributed by atoms with Gasteiger partial charge < -0.3 is 10.2 Å². The average molecular weight is 549 g/mol. The fourth-order valence-electron chi connectivity index (χ4n) is 3.18. The zero-order valence-electron chi connectivity index (χ0n) is 19.4. The van der Waals surface area contributed by atoms with Gasteiger partial charge in [0.2, 0.25) is 21.8 Å². The number of benzene rings is 2. The second kappa shape index (κ2) is 12.1. The molecule has 1 unspecified atom stereocenters. The molecule has 0 saturated heterocycles. The van der Waals surface area contributed by atoms with E-state index in [0.717, 1.165) is 22.5 Å². The third-order valence-electron chi connectivity index (χ3n) is 5.23. The summed E-state index contributed by atoms with van der Waals surface area (Å²) in [5, 5.41) is 3.79. The quantitative estimate of drug-likeness (QED) is 0.468. The first kappa shape index (κ1) is 28.2. The Morgan fingerprint density at radius 2 is 1.68 bits per heavy atom. The van der Waals surface area contributed by atoms with Crippen molar-refractivity contribution in [2.45, 2.75) is 39.8 Å². The summed E-state index contributed by atoms with van der Waals surface area (Å²) in [6, 6.07) is 8.75. The van der Waals surface area contributed by atoms with E-state index < -0.39 is 28.5 Å². The lowest BCUT2D eigenvalue weighted by Gasteiger charge is -2.32. The van der Waals surface area contributed by atoms with Gasteiger partial charge in [0.1, 0.15) is 12.6 Å². The van der Waals surface area contributed by atoms with Crippen molar-refractivity contribution in [1.82, 2.24) is 10.2 Å². The Kier molecular flexibility index (Phi) is 10.1.